The zero-order valence-electron chi connectivity index (χ0n) is 13.3. The SMILES string of the molecule is Nc1ccc2c(c1)CCCC2NC(=O)CCc1cccc(F)c1F. The normalized spacial score (nSPS) is 16.5. The summed E-state index contributed by atoms with van der Waals surface area (Å²) in [7, 11) is 0. The summed E-state index contributed by atoms with van der Waals surface area (Å²) in [5.74, 6) is -1.91. The van der Waals surface area contributed by atoms with Gasteiger partial charge in [0.25, 0.3) is 0 Å². The van der Waals surface area contributed by atoms with Crippen molar-refractivity contribution in [3.05, 3.63) is 64.7 Å². The first kappa shape index (κ1) is 16.4. The lowest BCUT2D eigenvalue weighted by molar-refractivity contribution is -0.121. The molecular weight excluding hydrogens is 310 g/mol. The highest BCUT2D eigenvalue weighted by Gasteiger charge is 2.22. The van der Waals surface area contributed by atoms with E-state index in [9.17, 15) is 13.6 Å². The molecule has 1 amide bonds. The fourth-order valence-electron chi connectivity index (χ4n) is 3.24. The molecule has 0 aliphatic heterocycles. The van der Waals surface area contributed by atoms with Crippen molar-refractivity contribution in [2.75, 3.05) is 5.73 Å². The van der Waals surface area contributed by atoms with Crippen LogP contribution in [0, 0.1) is 11.6 Å². The highest BCUT2D eigenvalue weighted by molar-refractivity contribution is 5.77. The molecule has 3 rings (SSSR count). The zero-order valence-corrected chi connectivity index (χ0v) is 13.3. The average molecular weight is 330 g/mol. The molecule has 2 aromatic rings. The van der Waals surface area contributed by atoms with Crippen molar-refractivity contribution in [2.24, 2.45) is 0 Å². The van der Waals surface area contributed by atoms with Crippen molar-refractivity contribution in [2.45, 2.75) is 38.1 Å². The Bertz CT molecular complexity index is 761. The van der Waals surface area contributed by atoms with Crippen LogP contribution >= 0.6 is 0 Å². The zero-order chi connectivity index (χ0) is 17.1. The smallest absolute Gasteiger partial charge is 0.220 e. The molecule has 0 spiro atoms. The van der Waals surface area contributed by atoms with Gasteiger partial charge in [-0.1, -0.05) is 18.2 Å². The Morgan fingerprint density at radius 1 is 1.25 bits per heavy atom. The van der Waals surface area contributed by atoms with Gasteiger partial charge in [-0.25, -0.2) is 8.78 Å². The molecule has 0 saturated heterocycles. The molecule has 2 aromatic carbocycles. The molecule has 1 aliphatic rings. The number of rotatable bonds is 4. The molecule has 24 heavy (non-hydrogen) atoms. The molecule has 0 heterocycles. The van der Waals surface area contributed by atoms with Crippen LogP contribution in [0.1, 0.15) is 42.0 Å². The fourth-order valence-corrected chi connectivity index (χ4v) is 3.24. The van der Waals surface area contributed by atoms with Gasteiger partial charge in [-0.05, 0) is 60.6 Å². The third-order valence-electron chi connectivity index (χ3n) is 4.47. The minimum atomic E-state index is -0.883. The Morgan fingerprint density at radius 3 is 2.92 bits per heavy atom. The largest absolute Gasteiger partial charge is 0.399 e. The van der Waals surface area contributed by atoms with Gasteiger partial charge in [0.1, 0.15) is 0 Å². The minimum absolute atomic E-state index is 0.0424. The van der Waals surface area contributed by atoms with E-state index >= 15 is 0 Å². The third kappa shape index (κ3) is 3.55. The van der Waals surface area contributed by atoms with Crippen molar-refractivity contribution >= 4 is 11.6 Å². The topological polar surface area (TPSA) is 55.1 Å². The monoisotopic (exact) mass is 330 g/mol. The Labute approximate surface area is 139 Å². The molecule has 0 radical (unpaired) electrons. The molecule has 1 atom stereocenters. The maximum absolute atomic E-state index is 13.6. The number of halogens is 2. The Hall–Kier alpha value is -2.43. The van der Waals surface area contributed by atoms with Gasteiger partial charge in [-0.3, -0.25) is 4.79 Å². The molecule has 3 N–H and O–H groups in total. The molecule has 0 fully saturated rings. The lowest BCUT2D eigenvalue weighted by atomic mass is 9.87. The summed E-state index contributed by atoms with van der Waals surface area (Å²) in [6.07, 6.45) is 3.12. The minimum Gasteiger partial charge on any atom is -0.399 e. The van der Waals surface area contributed by atoms with Crippen molar-refractivity contribution in [1.82, 2.24) is 5.32 Å². The summed E-state index contributed by atoms with van der Waals surface area (Å²) >= 11 is 0. The number of carbonyl (C=O) groups excluding carboxylic acids is 1. The maximum Gasteiger partial charge on any atom is 0.220 e. The van der Waals surface area contributed by atoms with E-state index in [0.717, 1.165) is 36.6 Å². The Balaban J connectivity index is 1.63. The van der Waals surface area contributed by atoms with Crippen molar-refractivity contribution < 1.29 is 13.6 Å². The number of anilines is 1. The van der Waals surface area contributed by atoms with Gasteiger partial charge in [0.05, 0.1) is 6.04 Å². The van der Waals surface area contributed by atoms with Gasteiger partial charge >= 0.3 is 0 Å². The molecular formula is C19H20F2N2O. The molecule has 1 unspecified atom stereocenters. The van der Waals surface area contributed by atoms with E-state index in [1.165, 1.54) is 17.7 Å². The second-order valence-electron chi connectivity index (χ2n) is 6.18. The van der Waals surface area contributed by atoms with E-state index in [1.807, 2.05) is 18.2 Å². The first-order valence-corrected chi connectivity index (χ1v) is 8.15. The number of benzene rings is 2. The van der Waals surface area contributed by atoms with Crippen LogP contribution in [0.2, 0.25) is 0 Å². The van der Waals surface area contributed by atoms with Crippen LogP contribution in [-0.2, 0) is 17.6 Å². The van der Waals surface area contributed by atoms with E-state index in [-0.39, 0.29) is 30.4 Å². The first-order valence-electron chi connectivity index (χ1n) is 8.15. The van der Waals surface area contributed by atoms with Gasteiger partial charge in [0.2, 0.25) is 5.91 Å². The van der Waals surface area contributed by atoms with Crippen molar-refractivity contribution in [3.8, 4) is 0 Å². The summed E-state index contributed by atoms with van der Waals surface area (Å²) < 4.78 is 26.8. The second kappa shape index (κ2) is 6.99. The third-order valence-corrected chi connectivity index (χ3v) is 4.47. The summed E-state index contributed by atoms with van der Waals surface area (Å²) in [6, 6.07) is 9.74. The van der Waals surface area contributed by atoms with Crippen LogP contribution < -0.4 is 11.1 Å². The summed E-state index contributed by atoms with van der Waals surface area (Å²) in [6.45, 7) is 0. The molecule has 3 nitrogen and oxygen atoms in total. The average Bonchev–Trinajstić information content (AvgIpc) is 2.56. The molecule has 126 valence electrons. The van der Waals surface area contributed by atoms with Gasteiger partial charge in [-0.2, -0.15) is 0 Å². The van der Waals surface area contributed by atoms with Crippen LogP contribution in [0.5, 0.6) is 0 Å². The molecule has 0 aromatic heterocycles. The highest BCUT2D eigenvalue weighted by atomic mass is 19.2. The number of carbonyl (C=O) groups is 1. The number of aryl methyl sites for hydroxylation is 2. The van der Waals surface area contributed by atoms with E-state index in [0.29, 0.717) is 0 Å². The fraction of sp³-hybridized carbons (Fsp3) is 0.316. The van der Waals surface area contributed by atoms with Crippen LogP contribution in [0.15, 0.2) is 36.4 Å². The molecule has 1 aliphatic carbocycles. The highest BCUT2D eigenvalue weighted by Crippen LogP contribution is 2.31. The number of fused-ring (bicyclic) bond motifs is 1. The van der Waals surface area contributed by atoms with Crippen LogP contribution in [0.4, 0.5) is 14.5 Å². The molecule has 0 saturated carbocycles. The van der Waals surface area contributed by atoms with Crippen molar-refractivity contribution in [3.63, 3.8) is 0 Å². The van der Waals surface area contributed by atoms with Gasteiger partial charge < -0.3 is 11.1 Å². The lowest BCUT2D eigenvalue weighted by Gasteiger charge is -2.26. The Kier molecular flexibility index (Phi) is 4.79. The quantitative estimate of drug-likeness (QED) is 0.840. The van der Waals surface area contributed by atoms with Gasteiger partial charge in [0, 0.05) is 12.1 Å². The maximum atomic E-state index is 13.6. The number of nitrogen functional groups attached to an aromatic ring is 1. The number of hydrogen-bond donors (Lipinski definition) is 2. The number of hydrogen-bond acceptors (Lipinski definition) is 2. The molecule has 0 bridgehead atoms. The van der Waals surface area contributed by atoms with Crippen LogP contribution in [0.25, 0.3) is 0 Å². The van der Waals surface area contributed by atoms with E-state index < -0.39 is 11.6 Å². The van der Waals surface area contributed by atoms with Crippen LogP contribution in [-0.4, -0.2) is 5.91 Å². The van der Waals surface area contributed by atoms with E-state index in [4.69, 9.17) is 5.73 Å². The first-order chi connectivity index (χ1) is 11.5. The summed E-state index contributed by atoms with van der Waals surface area (Å²) in [5, 5.41) is 3.00. The predicted molar refractivity (Wildman–Crippen MR) is 89.4 cm³/mol. The summed E-state index contributed by atoms with van der Waals surface area (Å²) in [4.78, 5) is 12.2. The van der Waals surface area contributed by atoms with Crippen molar-refractivity contribution in [1.29, 1.82) is 0 Å². The van der Waals surface area contributed by atoms with Gasteiger partial charge in [0.15, 0.2) is 11.6 Å². The van der Waals surface area contributed by atoms with Crippen LogP contribution in [0.3, 0.4) is 0 Å². The summed E-state index contributed by atoms with van der Waals surface area (Å²) in [5.41, 5.74) is 9.03. The predicted octanol–water partition coefficient (Wildman–Crippen LogP) is 3.67. The molecule has 5 heteroatoms. The standard InChI is InChI=1S/C19H20F2N2O/c20-16-5-1-3-12(19(16)21)7-10-18(24)23-17-6-2-4-13-11-14(22)8-9-15(13)17/h1,3,5,8-9,11,17H,2,4,6-7,10,22H2,(H,23,24). The van der Waals surface area contributed by atoms with Gasteiger partial charge in [-0.15, -0.1) is 0 Å². The second-order valence-corrected chi connectivity index (χ2v) is 6.18. The van der Waals surface area contributed by atoms with E-state index in [2.05, 4.69) is 5.32 Å². The lowest BCUT2D eigenvalue weighted by Crippen LogP contribution is -2.31. The number of nitrogens with two attached hydrogens (primary N) is 1. The number of nitrogens with one attached hydrogen (secondary N) is 1. The number of amides is 1. The Morgan fingerprint density at radius 2 is 2.08 bits per heavy atom. The van der Waals surface area contributed by atoms with E-state index in [1.54, 1.807) is 0 Å².